The number of rotatable bonds is 6. The average molecular weight is 618 g/mol. The summed E-state index contributed by atoms with van der Waals surface area (Å²) in [6.45, 7) is 0.442. The normalized spacial score (nSPS) is 14.6. The molecule has 1 aliphatic heterocycles. The molecule has 1 fully saturated rings. The van der Waals surface area contributed by atoms with Gasteiger partial charge in [0, 0.05) is 49.8 Å². The summed E-state index contributed by atoms with van der Waals surface area (Å²) in [5.41, 5.74) is -2.60. The number of halogens is 3. The molecule has 43 heavy (non-hydrogen) atoms. The second-order valence-electron chi connectivity index (χ2n) is 9.61. The monoisotopic (exact) mass is 618 g/mol. The molecular formula is C25H22F3N8O6P. The van der Waals surface area contributed by atoms with Crippen LogP contribution in [-0.2, 0) is 22.0 Å². The summed E-state index contributed by atoms with van der Waals surface area (Å²) < 4.78 is 60.4. The predicted octanol–water partition coefficient (Wildman–Crippen LogP) is 1.98. The summed E-state index contributed by atoms with van der Waals surface area (Å²) in [5.74, 6) is 0. The molecule has 6 rings (SSSR count). The van der Waals surface area contributed by atoms with Gasteiger partial charge in [0.1, 0.15) is 12.2 Å². The number of phosphoric ester groups is 1. The van der Waals surface area contributed by atoms with Gasteiger partial charge in [0.05, 0.1) is 39.6 Å². The Morgan fingerprint density at radius 3 is 2.51 bits per heavy atom. The van der Waals surface area contributed by atoms with Crippen LogP contribution in [0.3, 0.4) is 0 Å². The van der Waals surface area contributed by atoms with Crippen LogP contribution < -0.4 is 21.5 Å². The molecule has 0 saturated carbocycles. The zero-order chi connectivity index (χ0) is 30.5. The van der Waals surface area contributed by atoms with Crippen LogP contribution >= 0.6 is 7.82 Å². The lowest BCUT2D eigenvalue weighted by molar-refractivity contribution is -0.137. The number of aromatic amines is 1. The van der Waals surface area contributed by atoms with Crippen molar-refractivity contribution in [2.24, 2.45) is 0 Å². The molecule has 18 heteroatoms. The van der Waals surface area contributed by atoms with Gasteiger partial charge < -0.3 is 20.0 Å². The third kappa shape index (κ3) is 5.44. The van der Waals surface area contributed by atoms with Crippen LogP contribution in [0.25, 0.3) is 38.9 Å². The number of phosphoric acid groups is 1. The van der Waals surface area contributed by atoms with E-state index in [1.807, 2.05) is 0 Å². The Labute approximate surface area is 238 Å². The third-order valence-electron chi connectivity index (χ3n) is 6.96. The zero-order valence-corrected chi connectivity index (χ0v) is 22.8. The lowest BCUT2D eigenvalue weighted by Gasteiger charge is -2.32. The van der Waals surface area contributed by atoms with Crippen molar-refractivity contribution in [3.05, 3.63) is 75.3 Å². The smallest absolute Gasteiger partial charge is 0.368 e. The van der Waals surface area contributed by atoms with Crippen molar-refractivity contribution in [2.45, 2.75) is 12.9 Å². The number of aromatic nitrogens is 6. The molecule has 1 aliphatic rings. The van der Waals surface area contributed by atoms with Gasteiger partial charge in [0.2, 0.25) is 0 Å². The van der Waals surface area contributed by atoms with E-state index in [2.05, 4.69) is 30.0 Å². The van der Waals surface area contributed by atoms with Crippen LogP contribution in [-0.4, -0.2) is 65.3 Å². The van der Waals surface area contributed by atoms with E-state index in [0.717, 1.165) is 16.8 Å². The molecule has 0 amide bonds. The number of anilines is 1. The number of nitrogens with one attached hydrogen (secondary N) is 2. The van der Waals surface area contributed by atoms with E-state index in [9.17, 15) is 37.1 Å². The first kappa shape index (κ1) is 28.7. The quantitative estimate of drug-likeness (QED) is 0.161. The van der Waals surface area contributed by atoms with Crippen molar-refractivity contribution in [1.29, 1.82) is 0 Å². The van der Waals surface area contributed by atoms with Gasteiger partial charge in [0.15, 0.2) is 0 Å². The second-order valence-corrected chi connectivity index (χ2v) is 10.8. The maximum Gasteiger partial charge on any atom is 0.471 e. The Kier molecular flexibility index (Phi) is 7.14. The Bertz CT molecular complexity index is 2020. The maximum absolute atomic E-state index is 14.4. The number of piperazine rings is 1. The molecule has 0 bridgehead atoms. The van der Waals surface area contributed by atoms with Gasteiger partial charge in [-0.2, -0.15) is 18.3 Å². The maximum atomic E-state index is 14.4. The molecule has 1 aromatic carbocycles. The van der Waals surface area contributed by atoms with Crippen molar-refractivity contribution in [3.63, 3.8) is 0 Å². The summed E-state index contributed by atoms with van der Waals surface area (Å²) in [4.78, 5) is 56.1. The lowest BCUT2D eigenvalue weighted by Crippen LogP contribution is -2.44. The van der Waals surface area contributed by atoms with E-state index in [4.69, 9.17) is 0 Å². The number of pyridine rings is 2. The lowest BCUT2D eigenvalue weighted by atomic mass is 10.1. The molecule has 0 spiro atoms. The number of hydrogen-bond acceptors (Lipinski definition) is 9. The minimum Gasteiger partial charge on any atom is -0.368 e. The highest BCUT2D eigenvalue weighted by Gasteiger charge is 2.36. The molecule has 4 aromatic heterocycles. The fraction of sp³-hybridized carbons (Fsp3) is 0.240. The van der Waals surface area contributed by atoms with Crippen LogP contribution in [0.4, 0.5) is 18.9 Å². The van der Waals surface area contributed by atoms with Crippen molar-refractivity contribution in [2.75, 3.05) is 31.1 Å². The molecular weight excluding hydrogens is 596 g/mol. The number of hydrogen-bond donors (Lipinski definition) is 4. The topological polar surface area (TPSA) is 180 Å². The summed E-state index contributed by atoms with van der Waals surface area (Å²) in [6.07, 6.45) is -0.667. The summed E-state index contributed by atoms with van der Waals surface area (Å²) in [6, 6.07) is 6.53. The molecule has 5 heterocycles. The van der Waals surface area contributed by atoms with E-state index < -0.39 is 37.5 Å². The molecule has 0 unspecified atom stereocenters. The molecule has 1 saturated heterocycles. The molecule has 4 N–H and O–H groups in total. The van der Waals surface area contributed by atoms with Gasteiger partial charge in [-0.1, -0.05) is 0 Å². The van der Waals surface area contributed by atoms with Crippen molar-refractivity contribution < 1.29 is 32.0 Å². The molecule has 14 nitrogen and oxygen atoms in total. The Hall–Kier alpha value is -4.41. The highest BCUT2D eigenvalue weighted by atomic mass is 31.2. The SMILES string of the molecule is O=c1c2cnc3ccc(-c4cn[nH]c4)nc3c2n(-c2ccc(N3CCNCC3)c(C(F)(F)F)c2)c(=O)n1COP(=O)(O)O. The van der Waals surface area contributed by atoms with Gasteiger partial charge in [-0.25, -0.2) is 18.9 Å². The van der Waals surface area contributed by atoms with E-state index in [1.54, 1.807) is 23.2 Å². The summed E-state index contributed by atoms with van der Waals surface area (Å²) >= 11 is 0. The van der Waals surface area contributed by atoms with E-state index in [0.29, 0.717) is 42.0 Å². The van der Waals surface area contributed by atoms with E-state index in [1.165, 1.54) is 18.3 Å². The Morgan fingerprint density at radius 1 is 1.07 bits per heavy atom. The van der Waals surface area contributed by atoms with Crippen LogP contribution in [0.2, 0.25) is 0 Å². The first-order chi connectivity index (χ1) is 20.4. The number of H-pyrrole nitrogens is 1. The van der Waals surface area contributed by atoms with Crippen molar-refractivity contribution >= 4 is 35.4 Å². The van der Waals surface area contributed by atoms with E-state index >= 15 is 0 Å². The Morgan fingerprint density at radius 2 is 1.84 bits per heavy atom. The number of alkyl halides is 3. The molecule has 0 aliphatic carbocycles. The van der Waals surface area contributed by atoms with Crippen molar-refractivity contribution in [3.8, 4) is 16.9 Å². The minimum absolute atomic E-state index is 0.0215. The highest BCUT2D eigenvalue weighted by molar-refractivity contribution is 7.46. The van der Waals surface area contributed by atoms with Gasteiger partial charge >= 0.3 is 19.7 Å². The first-order valence-electron chi connectivity index (χ1n) is 12.7. The van der Waals surface area contributed by atoms with Gasteiger partial charge in [-0.15, -0.1) is 0 Å². The fourth-order valence-corrected chi connectivity index (χ4v) is 5.26. The Balaban J connectivity index is 1.68. The third-order valence-corrected chi connectivity index (χ3v) is 7.41. The van der Waals surface area contributed by atoms with E-state index in [-0.39, 0.29) is 33.3 Å². The van der Waals surface area contributed by atoms with Gasteiger partial charge in [-0.05, 0) is 30.3 Å². The zero-order valence-electron chi connectivity index (χ0n) is 21.9. The van der Waals surface area contributed by atoms with Crippen LogP contribution in [0.1, 0.15) is 5.56 Å². The van der Waals surface area contributed by atoms with Crippen LogP contribution in [0, 0.1) is 0 Å². The molecule has 0 radical (unpaired) electrons. The first-order valence-corrected chi connectivity index (χ1v) is 14.3. The highest BCUT2D eigenvalue weighted by Crippen LogP contribution is 2.39. The number of fused-ring (bicyclic) bond motifs is 3. The minimum atomic E-state index is -5.15. The standard InChI is InChI=1S/C25H22F3N8O6P/c26-25(27,28)17-9-15(1-4-20(17)34-7-5-29-6-8-34)36-22-16(23(37)35(24(36)38)13-42-43(39,40)41)12-30-19-3-2-18(33-21(19)22)14-10-31-32-11-14/h1-4,9-12,29H,5-8,13H2,(H,31,32)(H2,39,40,41). The second kappa shape index (κ2) is 10.7. The molecule has 0 atom stereocenters. The van der Waals surface area contributed by atoms with Crippen LogP contribution in [0.15, 0.2) is 58.5 Å². The largest absolute Gasteiger partial charge is 0.471 e. The van der Waals surface area contributed by atoms with Crippen LogP contribution in [0.5, 0.6) is 0 Å². The fourth-order valence-electron chi connectivity index (χ4n) is 4.99. The summed E-state index contributed by atoms with van der Waals surface area (Å²) in [5, 5.41) is 9.37. The number of nitrogens with zero attached hydrogens (tertiary/aromatic N) is 6. The predicted molar refractivity (Wildman–Crippen MR) is 148 cm³/mol. The van der Waals surface area contributed by atoms with Crippen molar-refractivity contribution in [1.82, 2.24) is 34.6 Å². The molecule has 5 aromatic rings. The van der Waals surface area contributed by atoms with Gasteiger partial charge in [-0.3, -0.25) is 24.0 Å². The molecule has 224 valence electrons. The van der Waals surface area contributed by atoms with Gasteiger partial charge in [0.25, 0.3) is 5.56 Å². The summed E-state index contributed by atoms with van der Waals surface area (Å²) in [7, 11) is -5.15. The average Bonchev–Trinajstić information content (AvgIpc) is 3.51. The number of benzene rings is 1.